The Morgan fingerprint density at radius 3 is 2.26 bits per heavy atom. The van der Waals surface area contributed by atoms with Crippen LogP contribution in [0.3, 0.4) is 0 Å². The maximum atomic E-state index is 9.05. The summed E-state index contributed by atoms with van der Waals surface area (Å²) < 4.78 is 0. The maximum absolute atomic E-state index is 9.05. The molecule has 0 saturated carbocycles. The van der Waals surface area contributed by atoms with E-state index in [1.165, 1.54) is 29.5 Å². The van der Waals surface area contributed by atoms with E-state index in [1.54, 1.807) is 0 Å². The van der Waals surface area contributed by atoms with Gasteiger partial charge in [0.05, 0.1) is 6.61 Å². The van der Waals surface area contributed by atoms with Gasteiger partial charge < -0.3 is 5.11 Å². The topological polar surface area (TPSA) is 20.2 Å². The third kappa shape index (κ3) is 2.62. The lowest BCUT2D eigenvalue weighted by Crippen LogP contribution is -2.33. The van der Waals surface area contributed by atoms with Gasteiger partial charge in [0.1, 0.15) is 0 Å². The van der Waals surface area contributed by atoms with Crippen LogP contribution in [0.5, 0.6) is 0 Å². The van der Waals surface area contributed by atoms with Gasteiger partial charge in [0.25, 0.3) is 0 Å². The minimum atomic E-state index is 0.109. The zero-order valence-corrected chi connectivity index (χ0v) is 12.9. The Labute approximate surface area is 117 Å². The Hall–Kier alpha value is -1.08. The second-order valence-corrected chi connectivity index (χ2v) is 7.10. The van der Waals surface area contributed by atoms with E-state index in [2.05, 4.69) is 52.8 Å². The van der Waals surface area contributed by atoms with Crippen molar-refractivity contribution in [3.05, 3.63) is 41.0 Å². The molecule has 19 heavy (non-hydrogen) atoms. The molecule has 0 heterocycles. The van der Waals surface area contributed by atoms with Gasteiger partial charge in [0.15, 0.2) is 0 Å². The number of hydrogen-bond acceptors (Lipinski definition) is 1. The number of allylic oxidation sites excluding steroid dienone is 1. The van der Waals surface area contributed by atoms with Crippen LogP contribution in [0, 0.1) is 0 Å². The summed E-state index contributed by atoms with van der Waals surface area (Å²) in [7, 11) is 0. The number of aliphatic hydroxyl groups excluding tert-OH is 1. The fourth-order valence-electron chi connectivity index (χ4n) is 3.09. The highest BCUT2D eigenvalue weighted by Gasteiger charge is 2.36. The van der Waals surface area contributed by atoms with Gasteiger partial charge in [0, 0.05) is 0 Å². The van der Waals surface area contributed by atoms with E-state index in [-0.39, 0.29) is 17.4 Å². The van der Waals surface area contributed by atoms with Crippen LogP contribution < -0.4 is 0 Å². The highest BCUT2D eigenvalue weighted by Crippen LogP contribution is 2.46. The van der Waals surface area contributed by atoms with Crippen LogP contribution in [-0.2, 0) is 10.8 Å². The minimum Gasteiger partial charge on any atom is -0.392 e. The van der Waals surface area contributed by atoms with Crippen molar-refractivity contribution in [3.8, 4) is 0 Å². The van der Waals surface area contributed by atoms with Crippen molar-refractivity contribution >= 4 is 5.57 Å². The van der Waals surface area contributed by atoms with E-state index in [9.17, 15) is 0 Å². The summed E-state index contributed by atoms with van der Waals surface area (Å²) in [6, 6.07) is 6.82. The van der Waals surface area contributed by atoms with Gasteiger partial charge in [-0.25, -0.2) is 0 Å². The lowest BCUT2D eigenvalue weighted by atomic mass is 9.63. The van der Waals surface area contributed by atoms with Gasteiger partial charge in [-0.15, -0.1) is 0 Å². The first-order chi connectivity index (χ1) is 8.78. The average Bonchev–Trinajstić information content (AvgIpc) is 2.35. The van der Waals surface area contributed by atoms with Crippen molar-refractivity contribution in [2.45, 2.75) is 58.3 Å². The predicted octanol–water partition coefficient (Wildman–Crippen LogP) is 4.43. The SMILES string of the molecule is C/C(=C\CO)c1ccc2c(c1)C(C)(C)CCC2(C)C. The van der Waals surface area contributed by atoms with Crippen LogP contribution in [0.1, 0.15) is 64.2 Å². The molecule has 0 amide bonds. The van der Waals surface area contributed by atoms with Crippen molar-refractivity contribution in [2.75, 3.05) is 6.61 Å². The summed E-state index contributed by atoms with van der Waals surface area (Å²) in [5.41, 5.74) is 5.89. The molecule has 2 rings (SSSR count). The van der Waals surface area contributed by atoms with E-state index in [0.29, 0.717) is 0 Å². The van der Waals surface area contributed by atoms with E-state index < -0.39 is 0 Å². The smallest absolute Gasteiger partial charge is 0.0618 e. The van der Waals surface area contributed by atoms with Gasteiger partial charge in [0.2, 0.25) is 0 Å². The number of fused-ring (bicyclic) bond motifs is 1. The quantitative estimate of drug-likeness (QED) is 0.832. The number of hydrogen-bond donors (Lipinski definition) is 1. The van der Waals surface area contributed by atoms with Gasteiger partial charge in [-0.2, -0.15) is 0 Å². The summed E-state index contributed by atoms with van der Waals surface area (Å²) in [6.07, 6.45) is 4.36. The summed E-state index contributed by atoms with van der Waals surface area (Å²) >= 11 is 0. The average molecular weight is 258 g/mol. The molecule has 0 bridgehead atoms. The molecule has 0 radical (unpaired) electrons. The van der Waals surface area contributed by atoms with Gasteiger partial charge in [-0.3, -0.25) is 0 Å². The Bertz CT molecular complexity index is 506. The van der Waals surface area contributed by atoms with E-state index in [4.69, 9.17) is 5.11 Å². The van der Waals surface area contributed by atoms with E-state index in [1.807, 2.05) is 6.08 Å². The molecule has 1 aromatic carbocycles. The maximum Gasteiger partial charge on any atom is 0.0618 e. The molecule has 0 aliphatic heterocycles. The first-order valence-corrected chi connectivity index (χ1v) is 7.21. The molecular formula is C18H26O. The number of aliphatic hydroxyl groups is 1. The molecule has 0 aromatic heterocycles. The van der Waals surface area contributed by atoms with Crippen LogP contribution in [0.2, 0.25) is 0 Å². The third-order valence-electron chi connectivity index (χ3n) is 4.71. The van der Waals surface area contributed by atoms with E-state index >= 15 is 0 Å². The van der Waals surface area contributed by atoms with Crippen LogP contribution >= 0.6 is 0 Å². The molecule has 1 N–H and O–H groups in total. The Morgan fingerprint density at radius 1 is 1.11 bits per heavy atom. The van der Waals surface area contributed by atoms with Crippen LogP contribution in [0.15, 0.2) is 24.3 Å². The van der Waals surface area contributed by atoms with Crippen molar-refractivity contribution in [2.24, 2.45) is 0 Å². The monoisotopic (exact) mass is 258 g/mol. The van der Waals surface area contributed by atoms with Crippen LogP contribution in [0.4, 0.5) is 0 Å². The van der Waals surface area contributed by atoms with Crippen molar-refractivity contribution in [1.82, 2.24) is 0 Å². The van der Waals surface area contributed by atoms with Crippen LogP contribution in [0.25, 0.3) is 5.57 Å². The molecule has 0 unspecified atom stereocenters. The normalized spacial score (nSPS) is 21.1. The zero-order chi connectivity index (χ0) is 14.3. The van der Waals surface area contributed by atoms with Gasteiger partial charge >= 0.3 is 0 Å². The molecule has 1 aliphatic carbocycles. The molecule has 0 saturated heterocycles. The highest BCUT2D eigenvalue weighted by atomic mass is 16.2. The van der Waals surface area contributed by atoms with Gasteiger partial charge in [-0.05, 0) is 52.9 Å². The molecule has 0 fully saturated rings. The summed E-state index contributed by atoms with van der Waals surface area (Å²) in [6.45, 7) is 11.6. The molecule has 104 valence electrons. The molecule has 1 aliphatic rings. The number of rotatable bonds is 2. The predicted molar refractivity (Wildman–Crippen MR) is 82.5 cm³/mol. The van der Waals surface area contributed by atoms with Crippen molar-refractivity contribution < 1.29 is 5.11 Å². The summed E-state index contributed by atoms with van der Waals surface area (Å²) in [5.74, 6) is 0. The molecule has 0 spiro atoms. The highest BCUT2D eigenvalue weighted by molar-refractivity contribution is 5.66. The zero-order valence-electron chi connectivity index (χ0n) is 12.9. The van der Waals surface area contributed by atoms with Gasteiger partial charge in [-0.1, -0.05) is 52.0 Å². The lowest BCUT2D eigenvalue weighted by Gasteiger charge is -2.42. The third-order valence-corrected chi connectivity index (χ3v) is 4.71. The standard InChI is InChI=1S/C18H26O/c1-13(8-11-19)14-6-7-15-16(12-14)18(4,5)10-9-17(15,2)3/h6-8,12,19H,9-11H2,1-5H3/b13-8+. The molecular weight excluding hydrogens is 232 g/mol. The minimum absolute atomic E-state index is 0.109. The van der Waals surface area contributed by atoms with Crippen molar-refractivity contribution in [1.29, 1.82) is 0 Å². The molecule has 1 nitrogen and oxygen atoms in total. The lowest BCUT2D eigenvalue weighted by molar-refractivity contribution is 0.332. The second-order valence-electron chi connectivity index (χ2n) is 7.10. The molecule has 1 heteroatoms. The first-order valence-electron chi connectivity index (χ1n) is 7.21. The summed E-state index contributed by atoms with van der Waals surface area (Å²) in [4.78, 5) is 0. The first kappa shape index (κ1) is 14.3. The second kappa shape index (κ2) is 4.79. The largest absolute Gasteiger partial charge is 0.392 e. The number of benzene rings is 1. The Morgan fingerprint density at radius 2 is 1.68 bits per heavy atom. The Balaban J connectivity index is 2.57. The molecule has 1 aromatic rings. The fourth-order valence-corrected chi connectivity index (χ4v) is 3.09. The Kier molecular flexibility index (Phi) is 3.61. The fraction of sp³-hybridized carbons (Fsp3) is 0.556. The summed E-state index contributed by atoms with van der Waals surface area (Å²) in [5, 5.41) is 9.05. The van der Waals surface area contributed by atoms with Crippen LogP contribution in [-0.4, -0.2) is 11.7 Å². The van der Waals surface area contributed by atoms with Crippen molar-refractivity contribution in [3.63, 3.8) is 0 Å². The molecule has 0 atom stereocenters. The van der Waals surface area contributed by atoms with E-state index in [0.717, 1.165) is 5.57 Å².